The van der Waals surface area contributed by atoms with Crippen LogP contribution in [0.3, 0.4) is 0 Å². The third-order valence-corrected chi connectivity index (χ3v) is 14.6. The van der Waals surface area contributed by atoms with Crippen LogP contribution in [-0.2, 0) is 16.1 Å². The normalized spacial score (nSPS) is 20.1. The van der Waals surface area contributed by atoms with Gasteiger partial charge in [-0.3, -0.25) is 14.7 Å². The second kappa shape index (κ2) is 25.0. The summed E-state index contributed by atoms with van der Waals surface area (Å²) in [5, 5.41) is 14.2. The Kier molecular flexibility index (Phi) is 18.6. The Labute approximate surface area is 421 Å². The van der Waals surface area contributed by atoms with Gasteiger partial charge in [-0.05, 0) is 99.2 Å². The number of pyridine rings is 1. The van der Waals surface area contributed by atoms with Gasteiger partial charge in [-0.25, -0.2) is 22.8 Å². The van der Waals surface area contributed by atoms with Crippen LogP contribution in [-0.4, -0.2) is 81.0 Å². The third kappa shape index (κ3) is 13.5. The third-order valence-electron chi connectivity index (χ3n) is 14.6. The van der Waals surface area contributed by atoms with Crippen molar-refractivity contribution >= 4 is 39.6 Å². The number of carbonyl (C=O) groups is 2. The van der Waals surface area contributed by atoms with E-state index in [9.17, 15) is 28.3 Å². The number of alkyl carbamates (subject to hydrolysis) is 1. The molecule has 12 nitrogen and oxygen atoms in total. The molecule has 5 aromatic rings. The first kappa shape index (κ1) is 53.7. The number of aromatic hydroxyl groups is 1. The topological polar surface area (TPSA) is 150 Å². The van der Waals surface area contributed by atoms with Crippen molar-refractivity contribution in [2.45, 2.75) is 155 Å². The second-order valence-corrected chi connectivity index (χ2v) is 20.4. The number of anilines is 1. The van der Waals surface area contributed by atoms with Crippen molar-refractivity contribution in [3.63, 3.8) is 0 Å². The molecule has 2 aromatic heterocycles. The van der Waals surface area contributed by atoms with Gasteiger partial charge < -0.3 is 29.8 Å². The van der Waals surface area contributed by atoms with Crippen LogP contribution < -0.4 is 20.6 Å². The van der Waals surface area contributed by atoms with Crippen molar-refractivity contribution in [1.82, 2.24) is 25.2 Å². The number of benzene rings is 3. The second-order valence-electron chi connectivity index (χ2n) is 20.4. The van der Waals surface area contributed by atoms with Crippen LogP contribution in [0.15, 0.2) is 59.5 Å². The number of phenolic OH excluding ortho intramolecular Hbond substituents is 1. The van der Waals surface area contributed by atoms with E-state index < -0.39 is 35.6 Å². The molecule has 3 saturated heterocycles. The summed E-state index contributed by atoms with van der Waals surface area (Å²) < 4.78 is 55.5. The summed E-state index contributed by atoms with van der Waals surface area (Å²) in [6.07, 6.45) is 22.8. The number of terminal acetylenes is 1. The molecule has 0 aliphatic carbocycles. The highest BCUT2D eigenvalue weighted by Crippen LogP contribution is 2.40. The maximum Gasteiger partial charge on any atom is 0.407 e. The Morgan fingerprint density at radius 2 is 1.69 bits per heavy atom. The molecule has 5 atom stereocenters. The number of hydrogen-bond acceptors (Lipinski definition) is 10. The van der Waals surface area contributed by atoms with E-state index in [-0.39, 0.29) is 81.2 Å². The first-order valence-corrected chi connectivity index (χ1v) is 26.1. The molecular weight excluding hydrogens is 922 g/mol. The standard InChI is InChI=1S/C49H57F2N5O6.C8H14FN/c1-5-8-10-12-13-15-17-33(16-14-11-9-6-2)47(58)62-37-21-18-32(19-22-37)30-61-49(60)53-35-24-31(4)28-56(29-35)46-40-27-52-44(43(51)45(40)54-48(59)55-46)39-26-36(57)25-34-20-23-41(50)38(7-3)42(34)39;1-8-3-2-4-10(8)6-7(9)5-8/h3,18-23,25-27,31,33,35,57H,5-6,8-17,24,28-30H2,1-2,4H3,(H,53,60)(H,54,55,59);7H,2-6H2,1H3/t;7-,8+/m.1/s1. The Morgan fingerprint density at radius 3 is 2.40 bits per heavy atom. The molecule has 8 rings (SSSR count). The van der Waals surface area contributed by atoms with Crippen molar-refractivity contribution in [3.8, 4) is 35.1 Å². The largest absolute Gasteiger partial charge is 0.508 e. The number of halogens is 3. The zero-order valence-corrected chi connectivity index (χ0v) is 42.3. The number of phenols is 1. The maximum atomic E-state index is 16.5. The number of rotatable bonds is 19. The average molecular weight is 993 g/mol. The summed E-state index contributed by atoms with van der Waals surface area (Å²) in [5.41, 5.74) is -0.354. The van der Waals surface area contributed by atoms with Crippen molar-refractivity contribution in [3.05, 3.63) is 88.0 Å². The molecule has 1 amide bonds. The van der Waals surface area contributed by atoms with E-state index in [1.807, 2.05) is 6.92 Å². The minimum Gasteiger partial charge on any atom is -0.508 e. The Hall–Kier alpha value is -6.14. The zero-order chi connectivity index (χ0) is 51.4. The summed E-state index contributed by atoms with van der Waals surface area (Å²) in [6, 6.07) is 11.8. The van der Waals surface area contributed by atoms with E-state index in [0.29, 0.717) is 36.2 Å². The molecule has 72 heavy (non-hydrogen) atoms. The molecule has 0 spiro atoms. The smallest absolute Gasteiger partial charge is 0.407 e. The number of aromatic nitrogens is 3. The molecule has 0 saturated carbocycles. The molecule has 3 unspecified atom stereocenters. The van der Waals surface area contributed by atoms with Gasteiger partial charge in [0.1, 0.15) is 41.6 Å². The number of hydrogen-bond donors (Lipinski definition) is 3. The fraction of sp³-hybridized carbons (Fsp3) is 0.526. The van der Waals surface area contributed by atoms with E-state index in [1.165, 1.54) is 69.0 Å². The monoisotopic (exact) mass is 993 g/mol. The number of ether oxygens (including phenoxy) is 2. The van der Waals surface area contributed by atoms with Crippen molar-refractivity contribution in [1.29, 1.82) is 0 Å². The van der Waals surface area contributed by atoms with Gasteiger partial charge in [0.15, 0.2) is 5.82 Å². The number of esters is 1. The van der Waals surface area contributed by atoms with Gasteiger partial charge in [0.25, 0.3) is 0 Å². The molecule has 386 valence electrons. The lowest BCUT2D eigenvalue weighted by Gasteiger charge is -2.37. The van der Waals surface area contributed by atoms with Crippen molar-refractivity contribution in [2.75, 3.05) is 31.1 Å². The number of fused-ring (bicyclic) bond motifs is 3. The molecular formula is C57H71F3N6O6. The van der Waals surface area contributed by atoms with Gasteiger partial charge in [-0.2, -0.15) is 4.98 Å². The summed E-state index contributed by atoms with van der Waals surface area (Å²) in [5.74, 6) is 0.848. The van der Waals surface area contributed by atoms with E-state index in [4.69, 9.17) is 15.9 Å². The number of alkyl halides is 1. The first-order chi connectivity index (χ1) is 34.7. The van der Waals surface area contributed by atoms with Crippen LogP contribution in [0.25, 0.3) is 32.9 Å². The quantitative estimate of drug-likeness (QED) is 0.0316. The number of amides is 1. The maximum absolute atomic E-state index is 16.5. The molecule has 3 N–H and O–H groups in total. The van der Waals surface area contributed by atoms with Gasteiger partial charge in [0.2, 0.25) is 0 Å². The van der Waals surface area contributed by atoms with Gasteiger partial charge in [0.05, 0.1) is 28.4 Å². The minimum absolute atomic E-state index is 0.0123. The predicted molar refractivity (Wildman–Crippen MR) is 277 cm³/mol. The summed E-state index contributed by atoms with van der Waals surface area (Å²) in [7, 11) is 0. The molecule has 3 aliphatic rings. The average Bonchev–Trinajstić information content (AvgIpc) is 3.85. The van der Waals surface area contributed by atoms with Gasteiger partial charge in [-0.1, -0.05) is 109 Å². The van der Waals surface area contributed by atoms with Crippen LogP contribution in [0.1, 0.15) is 142 Å². The number of piperidine rings is 1. The number of nitrogens with one attached hydrogen (secondary N) is 2. The lowest BCUT2D eigenvalue weighted by atomic mass is 9.94. The highest BCUT2D eigenvalue weighted by Gasteiger charge is 2.44. The predicted octanol–water partition coefficient (Wildman–Crippen LogP) is 12.1. The minimum atomic E-state index is -0.914. The van der Waals surface area contributed by atoms with E-state index >= 15 is 4.39 Å². The highest BCUT2D eigenvalue weighted by atomic mass is 19.1. The van der Waals surface area contributed by atoms with Crippen molar-refractivity contribution in [2.24, 2.45) is 11.8 Å². The number of nitrogens with zero attached hydrogens (tertiary/aromatic N) is 4. The molecule has 3 fully saturated rings. The molecule has 3 aliphatic heterocycles. The molecule has 5 heterocycles. The summed E-state index contributed by atoms with van der Waals surface area (Å²) in [6.45, 7) is 11.1. The summed E-state index contributed by atoms with van der Waals surface area (Å²) >= 11 is 0. The van der Waals surface area contributed by atoms with E-state index in [2.05, 4.69) is 51.9 Å². The Morgan fingerprint density at radius 1 is 0.986 bits per heavy atom. The van der Waals surface area contributed by atoms with Gasteiger partial charge >= 0.3 is 17.8 Å². The van der Waals surface area contributed by atoms with Crippen LogP contribution in [0.2, 0.25) is 0 Å². The zero-order valence-electron chi connectivity index (χ0n) is 42.3. The number of aromatic amines is 1. The van der Waals surface area contributed by atoms with E-state index in [0.717, 1.165) is 64.3 Å². The Balaban J connectivity index is 0.000000671. The van der Waals surface area contributed by atoms with E-state index in [1.54, 1.807) is 29.2 Å². The highest BCUT2D eigenvalue weighted by molar-refractivity contribution is 6.03. The summed E-state index contributed by atoms with van der Waals surface area (Å²) in [4.78, 5) is 54.4. The lowest BCUT2D eigenvalue weighted by Crippen LogP contribution is -2.51. The van der Waals surface area contributed by atoms with Gasteiger partial charge in [-0.15, -0.1) is 6.42 Å². The molecule has 0 radical (unpaired) electrons. The van der Waals surface area contributed by atoms with Crippen molar-refractivity contribution < 1.29 is 37.3 Å². The van der Waals surface area contributed by atoms with Crippen LogP contribution in [0.4, 0.5) is 23.8 Å². The lowest BCUT2D eigenvalue weighted by molar-refractivity contribution is -0.139. The van der Waals surface area contributed by atoms with Crippen LogP contribution >= 0.6 is 0 Å². The first-order valence-electron chi connectivity index (χ1n) is 26.1. The number of H-pyrrole nitrogens is 1. The SMILES string of the molecule is C#Cc1c(F)ccc2cc(O)cc(-c3ncc4c(N5CC(C)CC(NC(=O)OCc6ccc(OC(=O)C(CCCCCC)CCCCCCCC)cc6)C5)nc(=O)[nH]c4c3F)c12.C[C@@]12CCCN1C[C@H](F)C2. The molecule has 15 heteroatoms. The Bertz CT molecular complexity index is 2760. The van der Waals surface area contributed by atoms with Crippen LogP contribution in [0, 0.1) is 35.8 Å². The fourth-order valence-electron chi connectivity index (χ4n) is 10.9. The molecule has 0 bridgehead atoms. The number of carbonyl (C=O) groups excluding carboxylic acids is 2. The van der Waals surface area contributed by atoms with Crippen LogP contribution in [0.5, 0.6) is 11.5 Å². The fourth-order valence-corrected chi connectivity index (χ4v) is 10.9. The van der Waals surface area contributed by atoms with Gasteiger partial charge in [0, 0.05) is 42.3 Å². The number of unbranched alkanes of at least 4 members (excludes halogenated alkanes) is 8. The molecule has 3 aromatic carbocycles.